The fourth-order valence-electron chi connectivity index (χ4n) is 1.71. The molecule has 0 aromatic heterocycles. The minimum Gasteiger partial charge on any atom is -0.435 e. The standard InChI is InChI=1S/C16H13F2NO/c1-2-12-4-3-5-14(10-12)19-11-13-6-8-15(9-7-13)20-16(17)18/h1,3-10,16,19H,11H2. The topological polar surface area (TPSA) is 21.3 Å². The van der Waals surface area contributed by atoms with E-state index in [1.807, 2.05) is 24.3 Å². The van der Waals surface area contributed by atoms with Gasteiger partial charge in [-0.25, -0.2) is 0 Å². The lowest BCUT2D eigenvalue weighted by Crippen LogP contribution is -2.03. The van der Waals surface area contributed by atoms with Crippen LogP contribution < -0.4 is 10.1 Å². The maximum Gasteiger partial charge on any atom is 0.387 e. The van der Waals surface area contributed by atoms with E-state index in [2.05, 4.69) is 16.0 Å². The van der Waals surface area contributed by atoms with Crippen molar-refractivity contribution in [3.63, 3.8) is 0 Å². The average Bonchev–Trinajstić information content (AvgIpc) is 2.46. The third-order valence-corrected chi connectivity index (χ3v) is 2.67. The van der Waals surface area contributed by atoms with E-state index in [1.54, 1.807) is 12.1 Å². The van der Waals surface area contributed by atoms with Gasteiger partial charge in [-0.1, -0.05) is 24.1 Å². The van der Waals surface area contributed by atoms with Gasteiger partial charge in [0.15, 0.2) is 0 Å². The number of ether oxygens (including phenoxy) is 1. The normalized spacial score (nSPS) is 10.1. The first kappa shape index (κ1) is 13.9. The second-order valence-electron chi connectivity index (χ2n) is 4.10. The Morgan fingerprint density at radius 2 is 1.90 bits per heavy atom. The van der Waals surface area contributed by atoms with Gasteiger partial charge in [0.05, 0.1) is 0 Å². The summed E-state index contributed by atoms with van der Waals surface area (Å²) in [5.74, 6) is 2.71. The van der Waals surface area contributed by atoms with Crippen LogP contribution in [-0.4, -0.2) is 6.61 Å². The number of rotatable bonds is 5. The molecule has 0 heterocycles. The highest BCUT2D eigenvalue weighted by Gasteiger charge is 2.03. The number of hydrogen-bond donors (Lipinski definition) is 1. The summed E-state index contributed by atoms with van der Waals surface area (Å²) in [5.41, 5.74) is 2.67. The lowest BCUT2D eigenvalue weighted by Gasteiger charge is -2.08. The van der Waals surface area contributed by atoms with Crippen LogP contribution in [0.3, 0.4) is 0 Å². The van der Waals surface area contributed by atoms with E-state index in [0.717, 1.165) is 16.8 Å². The number of alkyl halides is 2. The van der Waals surface area contributed by atoms with Crippen molar-refractivity contribution in [1.29, 1.82) is 0 Å². The quantitative estimate of drug-likeness (QED) is 0.835. The lowest BCUT2D eigenvalue weighted by atomic mass is 10.2. The first-order valence-corrected chi connectivity index (χ1v) is 6.01. The summed E-state index contributed by atoms with van der Waals surface area (Å²) in [4.78, 5) is 0. The third kappa shape index (κ3) is 3.99. The summed E-state index contributed by atoms with van der Waals surface area (Å²) in [5, 5.41) is 3.21. The molecule has 0 atom stereocenters. The minimum absolute atomic E-state index is 0.151. The Kier molecular flexibility index (Phi) is 4.56. The summed E-state index contributed by atoms with van der Waals surface area (Å²) in [6.45, 7) is -2.23. The smallest absolute Gasteiger partial charge is 0.387 e. The minimum atomic E-state index is -2.80. The largest absolute Gasteiger partial charge is 0.435 e. The molecule has 2 aromatic rings. The molecule has 0 aliphatic carbocycles. The Balaban J connectivity index is 1.95. The van der Waals surface area contributed by atoms with Crippen molar-refractivity contribution in [2.24, 2.45) is 0 Å². The van der Waals surface area contributed by atoms with Crippen LogP contribution in [0, 0.1) is 12.3 Å². The van der Waals surface area contributed by atoms with Crippen molar-refractivity contribution in [3.8, 4) is 18.1 Å². The van der Waals surface area contributed by atoms with Gasteiger partial charge in [-0.05, 0) is 35.9 Å². The first-order chi connectivity index (χ1) is 9.67. The molecule has 2 rings (SSSR count). The fourth-order valence-corrected chi connectivity index (χ4v) is 1.71. The van der Waals surface area contributed by atoms with E-state index in [0.29, 0.717) is 6.54 Å². The first-order valence-electron chi connectivity index (χ1n) is 6.01. The summed E-state index contributed by atoms with van der Waals surface area (Å²) in [6.07, 6.45) is 5.33. The SMILES string of the molecule is C#Cc1cccc(NCc2ccc(OC(F)F)cc2)c1. The Labute approximate surface area is 116 Å². The van der Waals surface area contributed by atoms with Gasteiger partial charge in [0.2, 0.25) is 0 Å². The molecule has 0 saturated carbocycles. The monoisotopic (exact) mass is 273 g/mol. The number of halogens is 2. The van der Waals surface area contributed by atoms with Crippen LogP contribution in [0.1, 0.15) is 11.1 Å². The summed E-state index contributed by atoms with van der Waals surface area (Å²) >= 11 is 0. The second kappa shape index (κ2) is 6.58. The van der Waals surface area contributed by atoms with Crippen molar-refractivity contribution >= 4 is 5.69 Å². The Morgan fingerprint density at radius 1 is 1.15 bits per heavy atom. The predicted molar refractivity (Wildman–Crippen MR) is 74.8 cm³/mol. The highest BCUT2D eigenvalue weighted by Crippen LogP contribution is 2.16. The number of anilines is 1. The van der Waals surface area contributed by atoms with Crippen molar-refractivity contribution in [3.05, 3.63) is 59.7 Å². The van der Waals surface area contributed by atoms with Crippen molar-refractivity contribution < 1.29 is 13.5 Å². The van der Waals surface area contributed by atoms with Crippen LogP contribution >= 0.6 is 0 Å². The van der Waals surface area contributed by atoms with Crippen LogP contribution in [0.2, 0.25) is 0 Å². The second-order valence-corrected chi connectivity index (χ2v) is 4.10. The van der Waals surface area contributed by atoms with Crippen LogP contribution in [-0.2, 0) is 6.54 Å². The van der Waals surface area contributed by atoms with Gasteiger partial charge in [0, 0.05) is 17.8 Å². The van der Waals surface area contributed by atoms with Crippen LogP contribution in [0.25, 0.3) is 0 Å². The summed E-state index contributed by atoms with van der Waals surface area (Å²) in [6, 6.07) is 14.0. The van der Waals surface area contributed by atoms with E-state index in [9.17, 15) is 8.78 Å². The fraction of sp³-hybridized carbons (Fsp3) is 0.125. The molecule has 2 aromatic carbocycles. The van der Waals surface area contributed by atoms with Gasteiger partial charge < -0.3 is 10.1 Å². The Bertz CT molecular complexity index is 603. The van der Waals surface area contributed by atoms with E-state index < -0.39 is 6.61 Å². The van der Waals surface area contributed by atoms with Crippen LogP contribution in [0.4, 0.5) is 14.5 Å². The van der Waals surface area contributed by atoms with E-state index in [4.69, 9.17) is 6.42 Å². The predicted octanol–water partition coefficient (Wildman–Crippen LogP) is 3.88. The number of benzene rings is 2. The summed E-state index contributed by atoms with van der Waals surface area (Å²) < 4.78 is 28.3. The highest BCUT2D eigenvalue weighted by molar-refractivity contribution is 5.50. The van der Waals surface area contributed by atoms with Gasteiger partial charge in [-0.3, -0.25) is 0 Å². The molecule has 102 valence electrons. The van der Waals surface area contributed by atoms with Gasteiger partial charge in [0.1, 0.15) is 5.75 Å². The molecule has 0 aliphatic rings. The molecule has 20 heavy (non-hydrogen) atoms. The molecule has 0 aliphatic heterocycles. The van der Waals surface area contributed by atoms with Gasteiger partial charge in [-0.15, -0.1) is 6.42 Å². The zero-order valence-corrected chi connectivity index (χ0v) is 10.6. The molecular weight excluding hydrogens is 260 g/mol. The Hall–Kier alpha value is -2.54. The molecule has 4 heteroatoms. The van der Waals surface area contributed by atoms with E-state index in [-0.39, 0.29) is 5.75 Å². The molecule has 1 N–H and O–H groups in total. The molecule has 0 fully saturated rings. The van der Waals surface area contributed by atoms with Crippen LogP contribution in [0.5, 0.6) is 5.75 Å². The maximum absolute atomic E-state index is 12.0. The van der Waals surface area contributed by atoms with E-state index >= 15 is 0 Å². The van der Waals surface area contributed by atoms with Crippen molar-refractivity contribution in [2.75, 3.05) is 5.32 Å². The third-order valence-electron chi connectivity index (χ3n) is 2.67. The highest BCUT2D eigenvalue weighted by atomic mass is 19.3. The average molecular weight is 273 g/mol. The molecule has 0 unspecified atom stereocenters. The molecule has 0 spiro atoms. The van der Waals surface area contributed by atoms with Crippen molar-refractivity contribution in [2.45, 2.75) is 13.2 Å². The van der Waals surface area contributed by atoms with Gasteiger partial charge >= 0.3 is 6.61 Å². The molecule has 0 bridgehead atoms. The lowest BCUT2D eigenvalue weighted by molar-refractivity contribution is -0.0498. The number of terminal acetylenes is 1. The number of nitrogens with one attached hydrogen (secondary N) is 1. The summed E-state index contributed by atoms with van der Waals surface area (Å²) in [7, 11) is 0. The van der Waals surface area contributed by atoms with Gasteiger partial charge in [0.25, 0.3) is 0 Å². The molecule has 0 saturated heterocycles. The molecule has 0 radical (unpaired) electrons. The van der Waals surface area contributed by atoms with Gasteiger partial charge in [-0.2, -0.15) is 8.78 Å². The molecular formula is C16H13F2NO. The van der Waals surface area contributed by atoms with Crippen molar-refractivity contribution in [1.82, 2.24) is 0 Å². The Morgan fingerprint density at radius 3 is 2.55 bits per heavy atom. The zero-order valence-electron chi connectivity index (χ0n) is 10.6. The van der Waals surface area contributed by atoms with Crippen LogP contribution in [0.15, 0.2) is 48.5 Å². The zero-order chi connectivity index (χ0) is 14.4. The van der Waals surface area contributed by atoms with E-state index in [1.165, 1.54) is 12.1 Å². The maximum atomic E-state index is 12.0. The molecule has 0 amide bonds. The number of hydrogen-bond acceptors (Lipinski definition) is 2. The molecule has 2 nitrogen and oxygen atoms in total.